The number of amides is 1. The number of aliphatic hydroxyl groups is 1. The zero-order valence-electron chi connectivity index (χ0n) is 10.8. The van der Waals surface area contributed by atoms with E-state index in [9.17, 15) is 9.59 Å². The Morgan fingerprint density at radius 1 is 1.39 bits per heavy atom. The Labute approximate surface area is 107 Å². The van der Waals surface area contributed by atoms with Crippen molar-refractivity contribution in [2.24, 2.45) is 0 Å². The zero-order chi connectivity index (χ0) is 13.5. The lowest BCUT2D eigenvalue weighted by molar-refractivity contribution is -0.148. The Hall–Kier alpha value is -1.14. The third-order valence-electron chi connectivity index (χ3n) is 3.36. The van der Waals surface area contributed by atoms with Crippen LogP contribution in [0, 0.1) is 0 Å². The Bertz CT molecular complexity index is 296. The SMILES string of the molecule is CCN(CCO)CCC(=O)N1CCCC1C(=O)O. The quantitative estimate of drug-likeness (QED) is 0.659. The molecule has 0 spiro atoms. The highest BCUT2D eigenvalue weighted by Gasteiger charge is 2.33. The third kappa shape index (κ3) is 3.96. The molecule has 1 atom stereocenters. The second-order valence-corrected chi connectivity index (χ2v) is 4.49. The molecule has 1 fully saturated rings. The number of carboxylic acid groups (broad SMARTS) is 1. The molecule has 1 rings (SSSR count). The first-order valence-electron chi connectivity index (χ1n) is 6.45. The molecule has 1 aliphatic rings. The second kappa shape index (κ2) is 7.33. The van der Waals surface area contributed by atoms with Gasteiger partial charge >= 0.3 is 5.97 Å². The van der Waals surface area contributed by atoms with Crippen LogP contribution in [0.4, 0.5) is 0 Å². The first-order valence-corrected chi connectivity index (χ1v) is 6.45. The van der Waals surface area contributed by atoms with Crippen molar-refractivity contribution in [2.45, 2.75) is 32.2 Å². The van der Waals surface area contributed by atoms with Crippen LogP contribution in [-0.4, -0.2) is 70.7 Å². The minimum Gasteiger partial charge on any atom is -0.480 e. The molecule has 6 heteroatoms. The highest BCUT2D eigenvalue weighted by Crippen LogP contribution is 2.18. The summed E-state index contributed by atoms with van der Waals surface area (Å²) < 4.78 is 0. The fraction of sp³-hybridized carbons (Fsp3) is 0.833. The minimum atomic E-state index is -0.913. The van der Waals surface area contributed by atoms with Crippen molar-refractivity contribution in [2.75, 3.05) is 32.8 Å². The zero-order valence-corrected chi connectivity index (χ0v) is 10.8. The Balaban J connectivity index is 2.42. The Morgan fingerprint density at radius 3 is 2.67 bits per heavy atom. The highest BCUT2D eigenvalue weighted by molar-refractivity contribution is 5.84. The topological polar surface area (TPSA) is 81.1 Å². The third-order valence-corrected chi connectivity index (χ3v) is 3.36. The predicted molar refractivity (Wildman–Crippen MR) is 66.2 cm³/mol. The molecule has 1 saturated heterocycles. The van der Waals surface area contributed by atoms with Crippen molar-refractivity contribution in [3.63, 3.8) is 0 Å². The summed E-state index contributed by atoms with van der Waals surface area (Å²) in [4.78, 5) is 26.4. The number of carbonyl (C=O) groups is 2. The van der Waals surface area contributed by atoms with Gasteiger partial charge in [0.1, 0.15) is 6.04 Å². The van der Waals surface area contributed by atoms with Crippen LogP contribution in [-0.2, 0) is 9.59 Å². The van der Waals surface area contributed by atoms with E-state index in [4.69, 9.17) is 10.2 Å². The van der Waals surface area contributed by atoms with Crippen molar-refractivity contribution in [1.82, 2.24) is 9.80 Å². The van der Waals surface area contributed by atoms with Crippen molar-refractivity contribution in [3.8, 4) is 0 Å². The van der Waals surface area contributed by atoms with Gasteiger partial charge in [0.05, 0.1) is 6.61 Å². The van der Waals surface area contributed by atoms with Gasteiger partial charge < -0.3 is 20.0 Å². The molecular weight excluding hydrogens is 236 g/mol. The first-order chi connectivity index (χ1) is 8.60. The molecule has 0 aromatic heterocycles. The smallest absolute Gasteiger partial charge is 0.326 e. The lowest BCUT2D eigenvalue weighted by Gasteiger charge is -2.24. The molecule has 0 aromatic rings. The molecule has 6 nitrogen and oxygen atoms in total. The molecule has 0 bridgehead atoms. The van der Waals surface area contributed by atoms with Crippen LogP contribution in [0.5, 0.6) is 0 Å². The van der Waals surface area contributed by atoms with Gasteiger partial charge in [0.2, 0.25) is 5.91 Å². The number of hydrogen-bond acceptors (Lipinski definition) is 4. The number of rotatable bonds is 7. The first kappa shape index (κ1) is 14.9. The van der Waals surface area contributed by atoms with E-state index in [0.717, 1.165) is 13.0 Å². The number of hydrogen-bond donors (Lipinski definition) is 2. The number of carbonyl (C=O) groups excluding carboxylic acids is 1. The van der Waals surface area contributed by atoms with E-state index in [2.05, 4.69) is 0 Å². The molecule has 104 valence electrons. The maximum Gasteiger partial charge on any atom is 0.326 e. The van der Waals surface area contributed by atoms with E-state index >= 15 is 0 Å². The fourth-order valence-electron chi connectivity index (χ4n) is 2.29. The Kier molecular flexibility index (Phi) is 6.07. The largest absolute Gasteiger partial charge is 0.480 e. The van der Waals surface area contributed by atoms with E-state index < -0.39 is 12.0 Å². The van der Waals surface area contributed by atoms with E-state index in [1.165, 1.54) is 4.90 Å². The van der Waals surface area contributed by atoms with Gasteiger partial charge in [-0.05, 0) is 19.4 Å². The Morgan fingerprint density at radius 2 is 2.11 bits per heavy atom. The molecule has 18 heavy (non-hydrogen) atoms. The lowest BCUT2D eigenvalue weighted by atomic mass is 10.2. The normalized spacial score (nSPS) is 19.5. The summed E-state index contributed by atoms with van der Waals surface area (Å²) in [6.45, 7) is 4.47. The maximum absolute atomic E-state index is 12.0. The summed E-state index contributed by atoms with van der Waals surface area (Å²) in [6.07, 6.45) is 1.63. The molecule has 2 N–H and O–H groups in total. The van der Waals surface area contributed by atoms with E-state index in [1.54, 1.807) is 0 Å². The summed E-state index contributed by atoms with van der Waals surface area (Å²) in [5.74, 6) is -1.01. The molecule has 0 aromatic carbocycles. The van der Waals surface area contributed by atoms with E-state index in [0.29, 0.717) is 32.5 Å². The van der Waals surface area contributed by atoms with Crippen LogP contribution in [0.3, 0.4) is 0 Å². The number of likely N-dealkylation sites (N-methyl/N-ethyl adjacent to an activating group) is 1. The summed E-state index contributed by atoms with van der Waals surface area (Å²) in [5.41, 5.74) is 0. The highest BCUT2D eigenvalue weighted by atomic mass is 16.4. The molecule has 0 aliphatic carbocycles. The van der Waals surface area contributed by atoms with Crippen LogP contribution in [0.25, 0.3) is 0 Å². The maximum atomic E-state index is 12.0. The van der Waals surface area contributed by atoms with Gasteiger partial charge in [0.15, 0.2) is 0 Å². The second-order valence-electron chi connectivity index (χ2n) is 4.49. The van der Waals surface area contributed by atoms with E-state index in [-0.39, 0.29) is 12.5 Å². The average molecular weight is 258 g/mol. The molecule has 1 unspecified atom stereocenters. The van der Waals surface area contributed by atoms with Gasteiger partial charge in [-0.2, -0.15) is 0 Å². The minimum absolute atomic E-state index is 0.0729. The van der Waals surface area contributed by atoms with Gasteiger partial charge in [0, 0.05) is 26.1 Å². The van der Waals surface area contributed by atoms with Gasteiger partial charge in [-0.1, -0.05) is 6.92 Å². The number of likely N-dealkylation sites (tertiary alicyclic amines) is 1. The monoisotopic (exact) mass is 258 g/mol. The predicted octanol–water partition coefficient (Wildman–Crippen LogP) is -0.234. The molecule has 1 amide bonds. The van der Waals surface area contributed by atoms with Crippen molar-refractivity contribution in [1.29, 1.82) is 0 Å². The van der Waals surface area contributed by atoms with Crippen molar-refractivity contribution in [3.05, 3.63) is 0 Å². The standard InChI is InChI=1S/C12H22N2O4/c1-2-13(8-9-15)7-5-11(16)14-6-3-4-10(14)12(17)18/h10,15H,2-9H2,1H3,(H,17,18). The van der Waals surface area contributed by atoms with Gasteiger partial charge in [0.25, 0.3) is 0 Å². The van der Waals surface area contributed by atoms with Gasteiger partial charge in [-0.25, -0.2) is 4.79 Å². The number of nitrogens with zero attached hydrogens (tertiary/aromatic N) is 2. The summed E-state index contributed by atoms with van der Waals surface area (Å²) in [6, 6.07) is -0.648. The fourth-order valence-corrected chi connectivity index (χ4v) is 2.29. The van der Waals surface area contributed by atoms with Gasteiger partial charge in [-0.15, -0.1) is 0 Å². The average Bonchev–Trinajstić information content (AvgIpc) is 2.83. The summed E-state index contributed by atoms with van der Waals surface area (Å²) in [5, 5.41) is 17.8. The number of aliphatic carboxylic acids is 1. The van der Waals surface area contributed by atoms with Crippen molar-refractivity contribution >= 4 is 11.9 Å². The molecule has 1 heterocycles. The lowest BCUT2D eigenvalue weighted by Crippen LogP contribution is -2.42. The molecule has 1 aliphatic heterocycles. The van der Waals surface area contributed by atoms with Gasteiger partial charge in [-0.3, -0.25) is 4.79 Å². The van der Waals surface area contributed by atoms with Crippen molar-refractivity contribution < 1.29 is 19.8 Å². The summed E-state index contributed by atoms with van der Waals surface area (Å²) in [7, 11) is 0. The van der Waals surface area contributed by atoms with E-state index in [1.807, 2.05) is 11.8 Å². The number of carboxylic acids is 1. The van der Waals surface area contributed by atoms with Crippen LogP contribution in [0.1, 0.15) is 26.2 Å². The number of aliphatic hydroxyl groups excluding tert-OH is 1. The van der Waals surface area contributed by atoms with Crippen LogP contribution in [0.15, 0.2) is 0 Å². The molecule has 0 radical (unpaired) electrons. The molecular formula is C12H22N2O4. The van der Waals surface area contributed by atoms with Crippen LogP contribution >= 0.6 is 0 Å². The molecule has 0 saturated carbocycles. The van der Waals surface area contributed by atoms with Crippen LogP contribution < -0.4 is 0 Å². The summed E-state index contributed by atoms with van der Waals surface area (Å²) >= 11 is 0. The van der Waals surface area contributed by atoms with Crippen LogP contribution in [0.2, 0.25) is 0 Å².